The molecule has 0 aliphatic rings. The Labute approximate surface area is 129 Å². The van der Waals surface area contributed by atoms with Crippen molar-refractivity contribution in [3.05, 3.63) is 52.2 Å². The molecular formula is C15H16N2O2S2. The first-order valence-electron chi connectivity index (χ1n) is 6.52. The largest absolute Gasteiger partial charge is 0.308 e. The molecule has 1 aromatic heterocycles. The molecule has 0 unspecified atom stereocenters. The van der Waals surface area contributed by atoms with Crippen LogP contribution in [0.1, 0.15) is 23.4 Å². The van der Waals surface area contributed by atoms with E-state index in [1.165, 1.54) is 17.0 Å². The molecule has 2 aromatic rings. The van der Waals surface area contributed by atoms with Crippen molar-refractivity contribution in [3.8, 4) is 6.07 Å². The van der Waals surface area contributed by atoms with E-state index in [4.69, 9.17) is 5.26 Å². The molecule has 110 valence electrons. The number of benzene rings is 1. The molecule has 0 saturated carbocycles. The van der Waals surface area contributed by atoms with Crippen LogP contribution in [-0.2, 0) is 9.84 Å². The fourth-order valence-corrected chi connectivity index (χ4v) is 3.90. The van der Waals surface area contributed by atoms with Gasteiger partial charge in [0.15, 0.2) is 9.84 Å². The van der Waals surface area contributed by atoms with Crippen LogP contribution in [0.2, 0.25) is 0 Å². The van der Waals surface area contributed by atoms with Crippen LogP contribution in [0.25, 0.3) is 0 Å². The second-order valence-corrected chi connectivity index (χ2v) is 7.74. The summed E-state index contributed by atoms with van der Waals surface area (Å²) in [6.07, 6.45) is 0. The predicted octanol–water partition coefficient (Wildman–Crippen LogP) is 2.74. The van der Waals surface area contributed by atoms with Gasteiger partial charge in [-0.1, -0.05) is 12.1 Å². The first-order chi connectivity index (χ1) is 10.0. The maximum atomic E-state index is 12.2. The molecule has 1 N–H and O–H groups in total. The Morgan fingerprint density at radius 3 is 2.81 bits per heavy atom. The Kier molecular flexibility index (Phi) is 5.12. The molecule has 1 atom stereocenters. The summed E-state index contributed by atoms with van der Waals surface area (Å²) in [6.45, 7) is 2.38. The molecule has 1 aromatic carbocycles. The van der Waals surface area contributed by atoms with Gasteiger partial charge in [-0.25, -0.2) is 8.42 Å². The number of hydrogen-bond donors (Lipinski definition) is 1. The molecule has 2 rings (SSSR count). The van der Waals surface area contributed by atoms with Gasteiger partial charge in [0.25, 0.3) is 0 Å². The van der Waals surface area contributed by atoms with E-state index in [-0.39, 0.29) is 16.7 Å². The number of thiophene rings is 1. The molecule has 0 saturated heterocycles. The van der Waals surface area contributed by atoms with Crippen molar-refractivity contribution in [1.82, 2.24) is 5.32 Å². The smallest absolute Gasteiger partial charge is 0.179 e. The third-order valence-electron chi connectivity index (χ3n) is 3.11. The summed E-state index contributed by atoms with van der Waals surface area (Å²) in [5, 5.41) is 14.0. The van der Waals surface area contributed by atoms with E-state index >= 15 is 0 Å². The first-order valence-corrected chi connectivity index (χ1v) is 9.06. The van der Waals surface area contributed by atoms with Gasteiger partial charge in [-0.15, -0.1) is 11.3 Å². The monoisotopic (exact) mass is 320 g/mol. The van der Waals surface area contributed by atoms with Gasteiger partial charge < -0.3 is 5.32 Å². The Bertz CT molecular complexity index is 731. The maximum absolute atomic E-state index is 12.2. The zero-order valence-corrected chi connectivity index (χ0v) is 13.2. The first kappa shape index (κ1) is 15.7. The summed E-state index contributed by atoms with van der Waals surface area (Å²) >= 11 is 1.64. The molecule has 21 heavy (non-hydrogen) atoms. The molecule has 0 aliphatic carbocycles. The molecule has 0 radical (unpaired) electrons. The normalized spacial score (nSPS) is 12.8. The quantitative estimate of drug-likeness (QED) is 0.888. The second-order valence-electron chi connectivity index (χ2n) is 4.65. The van der Waals surface area contributed by atoms with Gasteiger partial charge in [-0.3, -0.25) is 0 Å². The van der Waals surface area contributed by atoms with Gasteiger partial charge in [0.05, 0.1) is 22.3 Å². The minimum atomic E-state index is -3.37. The van der Waals surface area contributed by atoms with Crippen molar-refractivity contribution in [1.29, 1.82) is 5.26 Å². The van der Waals surface area contributed by atoms with Crippen LogP contribution < -0.4 is 5.32 Å². The van der Waals surface area contributed by atoms with Crippen molar-refractivity contribution < 1.29 is 8.42 Å². The number of nitriles is 1. The third kappa shape index (κ3) is 4.14. The van der Waals surface area contributed by atoms with Gasteiger partial charge >= 0.3 is 0 Å². The van der Waals surface area contributed by atoms with E-state index < -0.39 is 9.84 Å². The molecule has 6 heteroatoms. The lowest BCUT2D eigenvalue weighted by Crippen LogP contribution is -2.25. The van der Waals surface area contributed by atoms with Crippen molar-refractivity contribution in [2.45, 2.75) is 17.9 Å². The summed E-state index contributed by atoms with van der Waals surface area (Å²) in [5.41, 5.74) is 0.357. The minimum absolute atomic E-state index is 0.0115. The van der Waals surface area contributed by atoms with Crippen molar-refractivity contribution >= 4 is 21.2 Å². The highest BCUT2D eigenvalue weighted by Gasteiger charge is 2.15. The number of hydrogen-bond acceptors (Lipinski definition) is 5. The summed E-state index contributed by atoms with van der Waals surface area (Å²) in [4.78, 5) is 1.38. The van der Waals surface area contributed by atoms with Gasteiger partial charge in [-0.2, -0.15) is 5.26 Å². The Hall–Kier alpha value is -1.68. The standard InChI is InChI=1S/C15H16N2O2S2/c1-12(15-6-3-8-20-15)17-7-9-21(18,19)14-5-2-4-13(10-14)11-16/h2-6,8,10,12,17H,7,9H2,1H3/t12-/m1/s1. The number of nitrogens with one attached hydrogen (secondary N) is 1. The van der Waals surface area contributed by atoms with Crippen LogP contribution >= 0.6 is 11.3 Å². The topological polar surface area (TPSA) is 70.0 Å². The summed E-state index contributed by atoms with van der Waals surface area (Å²) in [5.74, 6) is 0.0115. The predicted molar refractivity (Wildman–Crippen MR) is 83.9 cm³/mol. The number of nitrogens with zero attached hydrogens (tertiary/aromatic N) is 1. The number of rotatable bonds is 6. The Morgan fingerprint density at radius 1 is 1.33 bits per heavy atom. The van der Waals surface area contributed by atoms with E-state index in [1.54, 1.807) is 23.5 Å². The third-order valence-corrected chi connectivity index (χ3v) is 5.88. The van der Waals surface area contributed by atoms with Crippen LogP contribution in [0.3, 0.4) is 0 Å². The minimum Gasteiger partial charge on any atom is -0.308 e. The highest BCUT2D eigenvalue weighted by Crippen LogP contribution is 2.18. The summed E-state index contributed by atoms with van der Waals surface area (Å²) in [6, 6.07) is 12.2. The average Bonchev–Trinajstić information content (AvgIpc) is 3.01. The van der Waals surface area contributed by atoms with E-state index in [9.17, 15) is 8.42 Å². The summed E-state index contributed by atoms with van der Waals surface area (Å²) in [7, 11) is -3.37. The summed E-state index contributed by atoms with van der Waals surface area (Å²) < 4.78 is 24.4. The van der Waals surface area contributed by atoms with Crippen LogP contribution in [0.5, 0.6) is 0 Å². The molecule has 1 heterocycles. The molecule has 4 nitrogen and oxygen atoms in total. The lowest BCUT2D eigenvalue weighted by atomic mass is 10.2. The average molecular weight is 320 g/mol. The van der Waals surface area contributed by atoms with Crippen molar-refractivity contribution in [2.24, 2.45) is 0 Å². The SMILES string of the molecule is C[C@@H](NCCS(=O)(=O)c1cccc(C#N)c1)c1cccs1. The molecule has 0 spiro atoms. The molecule has 0 fully saturated rings. The highest BCUT2D eigenvalue weighted by molar-refractivity contribution is 7.91. The second kappa shape index (κ2) is 6.85. The van der Waals surface area contributed by atoms with Crippen LogP contribution in [0, 0.1) is 11.3 Å². The highest BCUT2D eigenvalue weighted by atomic mass is 32.2. The van der Waals surface area contributed by atoms with E-state index in [2.05, 4.69) is 5.32 Å². The van der Waals surface area contributed by atoms with Gasteiger partial charge in [0, 0.05) is 17.5 Å². The van der Waals surface area contributed by atoms with Gasteiger partial charge in [0.2, 0.25) is 0 Å². The lowest BCUT2D eigenvalue weighted by Gasteiger charge is -2.12. The van der Waals surface area contributed by atoms with Crippen molar-refractivity contribution in [2.75, 3.05) is 12.3 Å². The Balaban J connectivity index is 1.97. The van der Waals surface area contributed by atoms with Gasteiger partial charge in [-0.05, 0) is 36.6 Å². The van der Waals surface area contributed by atoms with E-state index in [0.29, 0.717) is 12.1 Å². The zero-order valence-electron chi connectivity index (χ0n) is 11.6. The number of sulfone groups is 1. The molecule has 0 amide bonds. The van der Waals surface area contributed by atoms with E-state index in [0.717, 1.165) is 0 Å². The van der Waals surface area contributed by atoms with Crippen LogP contribution in [-0.4, -0.2) is 20.7 Å². The molecule has 0 aliphatic heterocycles. The van der Waals surface area contributed by atoms with Crippen LogP contribution in [0.4, 0.5) is 0 Å². The lowest BCUT2D eigenvalue weighted by molar-refractivity contribution is 0.575. The zero-order chi connectivity index (χ0) is 15.3. The fraction of sp³-hybridized carbons (Fsp3) is 0.267. The molecular weight excluding hydrogens is 304 g/mol. The van der Waals surface area contributed by atoms with E-state index in [1.807, 2.05) is 30.5 Å². The van der Waals surface area contributed by atoms with Crippen LogP contribution in [0.15, 0.2) is 46.7 Å². The van der Waals surface area contributed by atoms with Gasteiger partial charge in [0.1, 0.15) is 0 Å². The van der Waals surface area contributed by atoms with Crippen molar-refractivity contribution in [3.63, 3.8) is 0 Å². The maximum Gasteiger partial charge on any atom is 0.179 e. The Morgan fingerprint density at radius 2 is 2.14 bits per heavy atom. The fourth-order valence-electron chi connectivity index (χ4n) is 1.92. The molecule has 0 bridgehead atoms.